The van der Waals surface area contributed by atoms with Crippen molar-refractivity contribution < 1.29 is 18.0 Å². The lowest BCUT2D eigenvalue weighted by Crippen LogP contribution is -2.34. The third-order valence-electron chi connectivity index (χ3n) is 5.27. The van der Waals surface area contributed by atoms with E-state index >= 15 is 0 Å². The summed E-state index contributed by atoms with van der Waals surface area (Å²) in [4.78, 5) is 12.5. The summed E-state index contributed by atoms with van der Waals surface area (Å²) < 4.78 is 40.4. The SMILES string of the molecule is Cc1c([C@@H](C)NC(=O)C2CCCCC2)cnn1-c1cccc(C(F)(F)F)c1. The topological polar surface area (TPSA) is 46.9 Å². The molecule has 146 valence electrons. The number of benzene rings is 1. The van der Waals surface area contributed by atoms with Gasteiger partial charge in [-0.2, -0.15) is 18.3 Å². The highest BCUT2D eigenvalue weighted by atomic mass is 19.4. The minimum absolute atomic E-state index is 0.0495. The van der Waals surface area contributed by atoms with Crippen molar-refractivity contribution in [3.8, 4) is 5.69 Å². The lowest BCUT2D eigenvalue weighted by atomic mass is 9.88. The highest BCUT2D eigenvalue weighted by Crippen LogP contribution is 2.31. The fourth-order valence-corrected chi connectivity index (χ4v) is 3.70. The summed E-state index contributed by atoms with van der Waals surface area (Å²) in [6.07, 6.45) is 2.39. The van der Waals surface area contributed by atoms with Crippen LogP contribution in [0.3, 0.4) is 0 Å². The second-order valence-corrected chi connectivity index (χ2v) is 7.21. The average molecular weight is 379 g/mol. The Morgan fingerprint density at radius 2 is 1.96 bits per heavy atom. The normalized spacial score (nSPS) is 16.9. The van der Waals surface area contributed by atoms with Crippen LogP contribution in [-0.4, -0.2) is 15.7 Å². The maximum atomic E-state index is 13.0. The number of amides is 1. The van der Waals surface area contributed by atoms with Gasteiger partial charge in [-0.3, -0.25) is 4.79 Å². The van der Waals surface area contributed by atoms with Crippen LogP contribution in [0.2, 0.25) is 0 Å². The Balaban J connectivity index is 1.77. The number of carbonyl (C=O) groups is 1. The van der Waals surface area contributed by atoms with Crippen molar-refractivity contribution in [3.05, 3.63) is 47.3 Å². The van der Waals surface area contributed by atoms with E-state index in [1.54, 1.807) is 19.2 Å². The van der Waals surface area contributed by atoms with E-state index in [-0.39, 0.29) is 17.9 Å². The van der Waals surface area contributed by atoms with Crippen LogP contribution in [0.4, 0.5) is 13.2 Å². The summed E-state index contributed by atoms with van der Waals surface area (Å²) in [5.74, 6) is 0.105. The van der Waals surface area contributed by atoms with Gasteiger partial charge in [0.15, 0.2) is 0 Å². The number of carbonyl (C=O) groups excluding carboxylic acids is 1. The Bertz CT molecular complexity index is 807. The van der Waals surface area contributed by atoms with E-state index in [0.29, 0.717) is 11.4 Å². The number of halogens is 3. The molecule has 1 saturated carbocycles. The molecule has 0 radical (unpaired) electrons. The summed E-state index contributed by atoms with van der Waals surface area (Å²) >= 11 is 0. The first-order chi connectivity index (χ1) is 12.8. The molecule has 1 fully saturated rings. The number of rotatable bonds is 4. The summed E-state index contributed by atoms with van der Waals surface area (Å²) in [7, 11) is 0. The molecular weight excluding hydrogens is 355 g/mol. The Morgan fingerprint density at radius 3 is 2.63 bits per heavy atom. The van der Waals surface area contributed by atoms with Gasteiger partial charge in [0.1, 0.15) is 0 Å². The van der Waals surface area contributed by atoms with Gasteiger partial charge in [-0.15, -0.1) is 0 Å². The van der Waals surface area contributed by atoms with Crippen LogP contribution in [0.25, 0.3) is 5.69 Å². The second-order valence-electron chi connectivity index (χ2n) is 7.21. The number of hydrogen-bond donors (Lipinski definition) is 1. The number of nitrogens with zero attached hydrogens (tertiary/aromatic N) is 2. The first kappa shape index (κ1) is 19.5. The third kappa shape index (κ3) is 4.34. The van der Waals surface area contributed by atoms with Crippen LogP contribution in [0.5, 0.6) is 0 Å². The molecule has 0 spiro atoms. The van der Waals surface area contributed by atoms with Crippen molar-refractivity contribution in [2.24, 2.45) is 5.92 Å². The molecule has 4 nitrogen and oxygen atoms in total. The molecule has 1 aliphatic rings. The molecule has 3 rings (SSSR count). The molecule has 0 aliphatic heterocycles. The predicted octanol–water partition coefficient (Wildman–Crippen LogP) is 4.96. The molecular formula is C20H24F3N3O. The zero-order valence-electron chi connectivity index (χ0n) is 15.5. The van der Waals surface area contributed by atoms with Crippen LogP contribution in [-0.2, 0) is 11.0 Å². The van der Waals surface area contributed by atoms with E-state index < -0.39 is 11.7 Å². The van der Waals surface area contributed by atoms with Crippen LogP contribution in [0, 0.1) is 12.8 Å². The predicted molar refractivity (Wildman–Crippen MR) is 96.4 cm³/mol. The molecule has 1 aromatic carbocycles. The van der Waals surface area contributed by atoms with Gasteiger partial charge in [-0.25, -0.2) is 4.68 Å². The van der Waals surface area contributed by atoms with E-state index in [0.717, 1.165) is 43.4 Å². The monoisotopic (exact) mass is 379 g/mol. The van der Waals surface area contributed by atoms with Crippen molar-refractivity contribution in [1.29, 1.82) is 0 Å². The van der Waals surface area contributed by atoms with Gasteiger partial charge in [0.2, 0.25) is 5.91 Å². The van der Waals surface area contributed by atoms with Crippen LogP contribution in [0.1, 0.15) is 61.9 Å². The number of aromatic nitrogens is 2. The standard InChI is InChI=1S/C20H24F3N3O/c1-13(25-19(27)15-7-4-3-5-8-15)18-12-24-26(14(18)2)17-10-6-9-16(11-17)20(21,22)23/h6,9-13,15H,3-5,7-8H2,1-2H3,(H,25,27)/t13-/m1/s1. The van der Waals surface area contributed by atoms with Gasteiger partial charge >= 0.3 is 6.18 Å². The minimum Gasteiger partial charge on any atom is -0.349 e. The quantitative estimate of drug-likeness (QED) is 0.816. The van der Waals surface area contributed by atoms with Crippen molar-refractivity contribution in [2.75, 3.05) is 0 Å². The molecule has 1 aliphatic carbocycles. The van der Waals surface area contributed by atoms with Gasteiger partial charge in [0, 0.05) is 17.2 Å². The van der Waals surface area contributed by atoms with Crippen LogP contribution in [0.15, 0.2) is 30.5 Å². The molecule has 2 aromatic rings. The molecule has 7 heteroatoms. The Hall–Kier alpha value is -2.31. The van der Waals surface area contributed by atoms with Crippen molar-refractivity contribution in [3.63, 3.8) is 0 Å². The summed E-state index contributed by atoms with van der Waals surface area (Å²) in [5.41, 5.74) is 1.15. The molecule has 0 saturated heterocycles. The lowest BCUT2D eigenvalue weighted by Gasteiger charge is -2.23. The van der Waals surface area contributed by atoms with Gasteiger partial charge in [0.25, 0.3) is 0 Å². The van der Waals surface area contributed by atoms with Crippen molar-refractivity contribution in [1.82, 2.24) is 15.1 Å². The maximum absolute atomic E-state index is 13.0. The van der Waals surface area contributed by atoms with E-state index in [1.165, 1.54) is 17.2 Å². The van der Waals surface area contributed by atoms with Crippen LogP contribution >= 0.6 is 0 Å². The Kier molecular flexibility index (Phi) is 5.58. The molecule has 1 heterocycles. The lowest BCUT2D eigenvalue weighted by molar-refractivity contribution is -0.137. The summed E-state index contributed by atoms with van der Waals surface area (Å²) in [5, 5.41) is 7.28. The zero-order chi connectivity index (χ0) is 19.6. The van der Waals surface area contributed by atoms with Gasteiger partial charge < -0.3 is 5.32 Å². The zero-order valence-corrected chi connectivity index (χ0v) is 15.5. The Labute approximate surface area is 156 Å². The van der Waals surface area contributed by atoms with E-state index in [9.17, 15) is 18.0 Å². The van der Waals surface area contributed by atoms with Gasteiger partial charge in [-0.05, 0) is 44.9 Å². The van der Waals surface area contributed by atoms with Crippen LogP contribution < -0.4 is 5.32 Å². The largest absolute Gasteiger partial charge is 0.416 e. The molecule has 1 amide bonds. The smallest absolute Gasteiger partial charge is 0.349 e. The fraction of sp³-hybridized carbons (Fsp3) is 0.500. The summed E-state index contributed by atoms with van der Waals surface area (Å²) in [6.45, 7) is 3.67. The third-order valence-corrected chi connectivity index (χ3v) is 5.27. The van der Waals surface area contributed by atoms with Gasteiger partial charge in [-0.1, -0.05) is 25.3 Å². The molecule has 1 aromatic heterocycles. The van der Waals surface area contributed by atoms with E-state index in [4.69, 9.17) is 0 Å². The highest BCUT2D eigenvalue weighted by molar-refractivity contribution is 5.79. The highest BCUT2D eigenvalue weighted by Gasteiger charge is 2.31. The number of hydrogen-bond acceptors (Lipinski definition) is 2. The minimum atomic E-state index is -4.40. The number of alkyl halides is 3. The van der Waals surface area contributed by atoms with E-state index in [2.05, 4.69) is 10.4 Å². The molecule has 1 N–H and O–H groups in total. The first-order valence-corrected chi connectivity index (χ1v) is 9.30. The number of nitrogens with one attached hydrogen (secondary N) is 1. The molecule has 0 bridgehead atoms. The fourth-order valence-electron chi connectivity index (χ4n) is 3.70. The van der Waals surface area contributed by atoms with Gasteiger partial charge in [0.05, 0.1) is 23.5 Å². The van der Waals surface area contributed by atoms with Crippen molar-refractivity contribution >= 4 is 5.91 Å². The first-order valence-electron chi connectivity index (χ1n) is 9.30. The molecule has 27 heavy (non-hydrogen) atoms. The van der Waals surface area contributed by atoms with Crippen molar-refractivity contribution in [2.45, 2.75) is 58.2 Å². The van der Waals surface area contributed by atoms with E-state index in [1.807, 2.05) is 6.92 Å². The summed E-state index contributed by atoms with van der Waals surface area (Å²) in [6, 6.07) is 4.82. The second kappa shape index (κ2) is 7.74. The molecule has 1 atom stereocenters. The Morgan fingerprint density at radius 1 is 1.26 bits per heavy atom. The average Bonchev–Trinajstić information content (AvgIpc) is 3.03. The molecule has 0 unspecified atom stereocenters. The maximum Gasteiger partial charge on any atom is 0.416 e.